The number of methoxy groups -OCH3 is 1. The van der Waals surface area contributed by atoms with Gasteiger partial charge in [-0.1, -0.05) is 18.2 Å². The molecule has 1 saturated heterocycles. The molecule has 4 aromatic rings. The molecule has 1 aliphatic rings. The van der Waals surface area contributed by atoms with E-state index in [4.69, 9.17) is 17.0 Å². The number of phenolic OH excluding ortho intramolecular Hbond substituents is 1. The van der Waals surface area contributed by atoms with Gasteiger partial charge in [0.1, 0.15) is 11.5 Å². The predicted molar refractivity (Wildman–Crippen MR) is 138 cm³/mol. The molecule has 3 heterocycles. The summed E-state index contributed by atoms with van der Waals surface area (Å²) in [5, 5.41) is 13.9. The number of aromatic nitrogens is 2. The van der Waals surface area contributed by atoms with Gasteiger partial charge in [0.05, 0.1) is 30.6 Å². The first-order valence-corrected chi connectivity index (χ1v) is 11.5. The number of rotatable bonds is 5. The molecular formula is C27H26N4O2S. The van der Waals surface area contributed by atoms with Gasteiger partial charge < -0.3 is 24.6 Å². The minimum atomic E-state index is -0.146. The Kier molecular flexibility index (Phi) is 5.71. The van der Waals surface area contributed by atoms with Gasteiger partial charge in [0, 0.05) is 23.3 Å². The van der Waals surface area contributed by atoms with Gasteiger partial charge in [-0.2, -0.15) is 0 Å². The molecule has 0 amide bonds. The smallest absolute Gasteiger partial charge is 0.174 e. The molecular weight excluding hydrogens is 444 g/mol. The molecule has 2 aromatic carbocycles. The Morgan fingerprint density at radius 2 is 1.74 bits per heavy atom. The molecule has 34 heavy (non-hydrogen) atoms. The summed E-state index contributed by atoms with van der Waals surface area (Å²) >= 11 is 5.87. The lowest BCUT2D eigenvalue weighted by Gasteiger charge is -2.29. The molecule has 0 aliphatic carbocycles. The second kappa shape index (κ2) is 8.83. The Labute approximate surface area is 204 Å². The number of benzene rings is 2. The summed E-state index contributed by atoms with van der Waals surface area (Å²) in [6.45, 7) is 4.21. The van der Waals surface area contributed by atoms with Crippen LogP contribution < -0.4 is 15.0 Å². The van der Waals surface area contributed by atoms with Crippen LogP contribution in [-0.2, 0) is 0 Å². The van der Waals surface area contributed by atoms with Crippen molar-refractivity contribution < 1.29 is 9.84 Å². The van der Waals surface area contributed by atoms with Gasteiger partial charge in [0.15, 0.2) is 5.11 Å². The number of nitrogens with zero attached hydrogens (tertiary/aromatic N) is 3. The highest BCUT2D eigenvalue weighted by Crippen LogP contribution is 2.46. The van der Waals surface area contributed by atoms with E-state index in [1.165, 1.54) is 0 Å². The van der Waals surface area contributed by atoms with Crippen molar-refractivity contribution in [3.05, 3.63) is 102 Å². The van der Waals surface area contributed by atoms with E-state index in [0.717, 1.165) is 39.8 Å². The topological polar surface area (TPSA) is 62.5 Å². The Morgan fingerprint density at radius 1 is 1.00 bits per heavy atom. The van der Waals surface area contributed by atoms with Crippen molar-refractivity contribution in [3.8, 4) is 17.2 Å². The number of aromatic hydroxyl groups is 1. The monoisotopic (exact) mass is 470 g/mol. The highest BCUT2D eigenvalue weighted by Gasteiger charge is 2.43. The quantitative estimate of drug-likeness (QED) is 0.382. The van der Waals surface area contributed by atoms with E-state index < -0.39 is 0 Å². The zero-order valence-corrected chi connectivity index (χ0v) is 20.1. The van der Waals surface area contributed by atoms with Gasteiger partial charge in [-0.15, -0.1) is 0 Å². The maximum atomic E-state index is 9.76. The maximum absolute atomic E-state index is 9.76. The van der Waals surface area contributed by atoms with Crippen LogP contribution in [0.25, 0.3) is 5.69 Å². The van der Waals surface area contributed by atoms with Gasteiger partial charge in [-0.05, 0) is 86.2 Å². The van der Waals surface area contributed by atoms with Gasteiger partial charge in [0.25, 0.3) is 0 Å². The van der Waals surface area contributed by atoms with Crippen LogP contribution in [0.2, 0.25) is 0 Å². The van der Waals surface area contributed by atoms with Gasteiger partial charge in [-0.3, -0.25) is 4.98 Å². The summed E-state index contributed by atoms with van der Waals surface area (Å²) in [7, 11) is 1.67. The van der Waals surface area contributed by atoms with E-state index in [9.17, 15) is 5.11 Å². The standard InChI is InChI=1S/C27H26N4O2S/c1-17-16-21(18(2)30(17)19-11-13-20(32)14-12-19)26-25(22-8-6-7-15-28-22)29-27(34)31(26)23-9-4-5-10-24(23)33-3/h4-16,25-26,32H,1-3H3,(H,29,34)/t25-,26-/m0/s1. The normalized spacial score (nSPS) is 17.6. The number of nitrogens with one attached hydrogen (secondary N) is 1. The molecule has 1 aliphatic heterocycles. The summed E-state index contributed by atoms with van der Waals surface area (Å²) in [5.41, 5.74) is 6.14. The fourth-order valence-corrected chi connectivity index (χ4v) is 5.18. The number of ether oxygens (including phenoxy) is 1. The third kappa shape index (κ3) is 3.68. The van der Waals surface area contributed by atoms with Crippen molar-refractivity contribution in [1.29, 1.82) is 0 Å². The van der Waals surface area contributed by atoms with Crippen LogP contribution in [0.5, 0.6) is 11.5 Å². The first kappa shape index (κ1) is 22.0. The van der Waals surface area contributed by atoms with Crippen molar-refractivity contribution in [3.63, 3.8) is 0 Å². The average molecular weight is 471 g/mol. The molecule has 0 radical (unpaired) electrons. The first-order chi connectivity index (χ1) is 16.5. The summed E-state index contributed by atoms with van der Waals surface area (Å²) < 4.78 is 7.90. The summed E-state index contributed by atoms with van der Waals surface area (Å²) in [6, 6.07) is 23.0. The molecule has 1 fully saturated rings. The van der Waals surface area contributed by atoms with Crippen molar-refractivity contribution in [2.24, 2.45) is 0 Å². The second-order valence-corrected chi connectivity index (χ2v) is 8.73. The molecule has 2 aromatic heterocycles. The highest BCUT2D eigenvalue weighted by atomic mass is 32.1. The number of phenols is 1. The number of aryl methyl sites for hydroxylation is 1. The van der Waals surface area contributed by atoms with Crippen molar-refractivity contribution >= 4 is 23.0 Å². The Bertz CT molecular complexity index is 1330. The van der Waals surface area contributed by atoms with E-state index in [2.05, 4.69) is 39.7 Å². The van der Waals surface area contributed by atoms with Crippen molar-refractivity contribution in [2.75, 3.05) is 12.0 Å². The minimum absolute atomic E-state index is 0.143. The van der Waals surface area contributed by atoms with Gasteiger partial charge in [0.2, 0.25) is 0 Å². The molecule has 5 rings (SSSR count). The van der Waals surface area contributed by atoms with E-state index in [1.54, 1.807) is 19.2 Å². The lowest BCUT2D eigenvalue weighted by atomic mass is 9.96. The van der Waals surface area contributed by atoms with Gasteiger partial charge in [-0.25, -0.2) is 0 Å². The fraction of sp³-hybridized carbons (Fsp3) is 0.185. The zero-order valence-electron chi connectivity index (χ0n) is 19.3. The lowest BCUT2D eigenvalue weighted by molar-refractivity contribution is 0.414. The summed E-state index contributed by atoms with van der Waals surface area (Å²) in [6.07, 6.45) is 1.81. The Balaban J connectivity index is 1.70. The fourth-order valence-electron chi connectivity index (χ4n) is 4.85. The van der Waals surface area contributed by atoms with Crippen LogP contribution in [0.3, 0.4) is 0 Å². The maximum Gasteiger partial charge on any atom is 0.174 e. The predicted octanol–water partition coefficient (Wildman–Crippen LogP) is 5.38. The molecule has 2 N–H and O–H groups in total. The van der Waals surface area contributed by atoms with Gasteiger partial charge >= 0.3 is 0 Å². The summed E-state index contributed by atoms with van der Waals surface area (Å²) in [5.74, 6) is 1.00. The SMILES string of the molecule is COc1ccccc1N1C(=S)N[C@@H](c2ccccn2)[C@@H]1c1cc(C)n(-c2ccc(O)cc2)c1C. The molecule has 2 atom stereocenters. The number of hydrogen-bond acceptors (Lipinski definition) is 4. The second-order valence-electron chi connectivity index (χ2n) is 8.35. The number of pyridine rings is 1. The molecule has 6 nitrogen and oxygen atoms in total. The van der Waals surface area contributed by atoms with E-state index in [1.807, 2.05) is 60.8 Å². The molecule has 172 valence electrons. The minimum Gasteiger partial charge on any atom is -0.508 e. The number of para-hydroxylation sites is 2. The van der Waals surface area contributed by atoms with Crippen LogP contribution in [0.15, 0.2) is 79.0 Å². The average Bonchev–Trinajstić information content (AvgIpc) is 3.35. The van der Waals surface area contributed by atoms with Crippen LogP contribution in [0.1, 0.15) is 34.7 Å². The van der Waals surface area contributed by atoms with Crippen LogP contribution in [0, 0.1) is 13.8 Å². The third-order valence-electron chi connectivity index (χ3n) is 6.34. The van der Waals surface area contributed by atoms with Crippen molar-refractivity contribution in [2.45, 2.75) is 25.9 Å². The lowest BCUT2D eigenvalue weighted by Crippen LogP contribution is -2.30. The number of thiocarbonyl (C=S) groups is 1. The van der Waals surface area contributed by atoms with E-state index in [-0.39, 0.29) is 17.8 Å². The molecule has 0 bridgehead atoms. The highest BCUT2D eigenvalue weighted by molar-refractivity contribution is 7.80. The largest absolute Gasteiger partial charge is 0.508 e. The van der Waals surface area contributed by atoms with Crippen LogP contribution in [0.4, 0.5) is 5.69 Å². The van der Waals surface area contributed by atoms with Crippen LogP contribution in [-0.4, -0.2) is 26.9 Å². The van der Waals surface area contributed by atoms with E-state index in [0.29, 0.717) is 5.11 Å². The third-order valence-corrected chi connectivity index (χ3v) is 6.65. The molecule has 7 heteroatoms. The zero-order chi connectivity index (χ0) is 23.8. The molecule has 0 unspecified atom stereocenters. The first-order valence-electron chi connectivity index (χ1n) is 11.1. The van der Waals surface area contributed by atoms with E-state index >= 15 is 0 Å². The molecule has 0 spiro atoms. The summed E-state index contributed by atoms with van der Waals surface area (Å²) in [4.78, 5) is 6.79. The Hall–Kier alpha value is -3.84. The Morgan fingerprint density at radius 3 is 2.44 bits per heavy atom. The molecule has 0 saturated carbocycles. The number of anilines is 1. The van der Waals surface area contributed by atoms with Crippen LogP contribution >= 0.6 is 12.2 Å². The van der Waals surface area contributed by atoms with Crippen molar-refractivity contribution in [1.82, 2.24) is 14.9 Å². The number of hydrogen-bond donors (Lipinski definition) is 2.